The topological polar surface area (TPSA) is 435 Å². The molecule has 8 atom stereocenters. The van der Waals surface area contributed by atoms with E-state index < -0.39 is 36.6 Å². The molecule has 648 valence electrons. The number of esters is 4. The number of aromatic amines is 3. The first kappa shape index (κ1) is 96.9. The van der Waals surface area contributed by atoms with E-state index in [1.54, 1.807) is 121 Å². The third-order valence-corrected chi connectivity index (χ3v) is 21.7. The zero-order chi connectivity index (χ0) is 89.6. The van der Waals surface area contributed by atoms with Crippen molar-refractivity contribution < 1.29 is 62.4 Å². The van der Waals surface area contributed by atoms with Gasteiger partial charge in [0, 0.05) is 209 Å². The van der Waals surface area contributed by atoms with Crippen molar-refractivity contribution in [1.82, 2.24) is 87.7 Å². The van der Waals surface area contributed by atoms with Gasteiger partial charge in [0.05, 0.1) is 46.9 Å². The van der Waals surface area contributed by atoms with Crippen LogP contribution >= 0.6 is 119 Å². The van der Waals surface area contributed by atoms with Gasteiger partial charge in [0.15, 0.2) is 24.9 Å². The van der Waals surface area contributed by atoms with Crippen molar-refractivity contribution in [2.75, 3.05) is 14.1 Å². The van der Waals surface area contributed by atoms with E-state index in [9.17, 15) is 33.6 Å². The number of fused-ring (bicyclic) bond motifs is 11. The molecule has 123 heavy (non-hydrogen) atoms. The number of hydrogen-bond donors (Lipinski definition) is 8. The summed E-state index contributed by atoms with van der Waals surface area (Å²) in [5, 5.41) is 25.1. The summed E-state index contributed by atoms with van der Waals surface area (Å²) in [4.78, 5) is 120. The Morgan fingerprint density at radius 3 is 1.56 bits per heavy atom. The summed E-state index contributed by atoms with van der Waals surface area (Å²) in [6.45, 7) is 10.6. The van der Waals surface area contributed by atoms with Gasteiger partial charge >= 0.3 is 29.8 Å². The molecule has 16 heterocycles. The summed E-state index contributed by atoms with van der Waals surface area (Å²) in [5.74, 6) is -2.25. The molecule has 10 N–H and O–H groups in total. The van der Waals surface area contributed by atoms with Crippen LogP contribution in [0.2, 0.25) is 35.2 Å². The van der Waals surface area contributed by atoms with Crippen molar-refractivity contribution in [3.8, 4) is 5.88 Å². The molecule has 8 unspecified atom stereocenters. The van der Waals surface area contributed by atoms with Crippen LogP contribution in [0.5, 0.6) is 5.88 Å². The largest absolute Gasteiger partial charge is 0.481 e. The van der Waals surface area contributed by atoms with Gasteiger partial charge in [-0.1, -0.05) is 95.1 Å². The highest BCUT2D eigenvalue weighted by molar-refractivity contribution is 7.15. The van der Waals surface area contributed by atoms with Crippen LogP contribution in [0.25, 0.3) is 88.1 Å². The number of pyridine rings is 8. The smallest absolute Gasteiger partial charge is 0.309 e. The molecular weight excluding hydrogens is 1810 g/mol. The van der Waals surface area contributed by atoms with Crippen LogP contribution < -0.4 is 26.8 Å². The zero-order valence-corrected chi connectivity index (χ0v) is 76.9. The fourth-order valence-electron chi connectivity index (χ4n) is 12.5. The van der Waals surface area contributed by atoms with Gasteiger partial charge in [0.1, 0.15) is 39.5 Å². The predicted molar refractivity (Wildman–Crippen MR) is 491 cm³/mol. The molecule has 1 aliphatic heterocycles. The lowest BCUT2D eigenvalue weighted by Gasteiger charge is -2.24. The van der Waals surface area contributed by atoms with Gasteiger partial charge < -0.3 is 71.3 Å². The standard InChI is InChI=1S/C14H16ClN3O3.C12H13ClN3O2P.C12H9ClN3O2P.C11H13ClN3O2P.C10H11ClN3O2P.C10H12ClN3.C7H5ClN2.C3H6O2/c1-3-12(20)21-11(18-8(2)19)6-9-7-17-14-13(9)10(15)4-5-16-14;2*1-6(17)18-10-4-7-9(5-15-10)16(19)12-11(7)8(13)2-3-14-12;1-6(16)17-9(13)4-7-5-15(18)11-10(7)8(12)2-3-14-11;11-7-1-2-13-10-9(7)6(4-14(10)17)3-8(12)16-5-15;1-14(2)6-7-5-13-10-9(7)8(11)3-4-12-10;8-6-2-4-10-7-5(6)1-3-9-7;1-2-3(4)5/h4-5,7,11H,3,6H2,1-2H3,(H,16,17)(H,18,19);2-3,10,15H,4-5,19H2,1H3;2-5H,19H2,1H3;2-3,5,9H,4,13,18H2,1H3;1-2,4-5,8H,3,12,17H2;3-5H,6H2,1-2H3,(H,12,13);1-4H,(H,9,10);2H2,1H3,(H,4,5). The molecule has 1 amide bonds. The number of rotatable bonds is 17. The van der Waals surface area contributed by atoms with Crippen molar-refractivity contribution in [2.24, 2.45) is 11.5 Å². The van der Waals surface area contributed by atoms with Crippen LogP contribution in [0, 0.1) is 0 Å². The summed E-state index contributed by atoms with van der Waals surface area (Å²) in [6, 6.07) is 15.8. The van der Waals surface area contributed by atoms with E-state index in [0.29, 0.717) is 69.5 Å². The lowest BCUT2D eigenvalue weighted by atomic mass is 10.0. The number of halogens is 7. The Morgan fingerprint density at radius 1 is 0.569 bits per heavy atom. The van der Waals surface area contributed by atoms with Gasteiger partial charge in [0.2, 0.25) is 11.8 Å². The van der Waals surface area contributed by atoms with Gasteiger partial charge in [0.25, 0.3) is 6.47 Å². The van der Waals surface area contributed by atoms with Crippen LogP contribution in [0.15, 0.2) is 135 Å². The van der Waals surface area contributed by atoms with Gasteiger partial charge in [-0.2, -0.15) is 0 Å². The van der Waals surface area contributed by atoms with Crippen LogP contribution in [-0.2, 0) is 91.3 Å². The average Bonchev–Trinajstić information content (AvgIpc) is 1.61. The number of nitrogens with two attached hydrogens (primary N) is 2. The summed E-state index contributed by atoms with van der Waals surface area (Å²) in [6.07, 6.45) is 22.2. The van der Waals surface area contributed by atoms with Crippen LogP contribution in [-0.4, -0.2) is 163 Å². The van der Waals surface area contributed by atoms with E-state index in [1.807, 2.05) is 59.7 Å². The second kappa shape index (κ2) is 45.7. The number of aromatic nitrogens is 15. The van der Waals surface area contributed by atoms with Gasteiger partial charge in [-0.05, 0) is 128 Å². The zero-order valence-electron chi connectivity index (χ0n) is 67.0. The van der Waals surface area contributed by atoms with Crippen molar-refractivity contribution in [3.63, 3.8) is 0 Å². The molecule has 16 rings (SSSR count). The Hall–Kier alpha value is -9.88. The van der Waals surface area contributed by atoms with Crippen LogP contribution in [0.1, 0.15) is 87.9 Å². The summed E-state index contributed by atoms with van der Waals surface area (Å²) >= 11 is 42.9. The number of carboxylic acid groups (broad SMARTS) is 1. The Balaban J connectivity index is 0.000000162. The second-order valence-electron chi connectivity index (χ2n) is 26.8. The highest BCUT2D eigenvalue weighted by Crippen LogP contribution is 2.38. The Morgan fingerprint density at radius 2 is 1.06 bits per heavy atom. The molecule has 0 saturated carbocycles. The minimum Gasteiger partial charge on any atom is -0.481 e. The molecule has 44 heteroatoms. The van der Waals surface area contributed by atoms with E-state index in [2.05, 4.69) is 113 Å². The number of nitrogens with zero attached hydrogens (tertiary/aromatic N) is 13. The molecular formula is C79H85Cl7N20O13P4. The second-order valence-corrected chi connectivity index (χ2v) is 31.8. The molecule has 15 aromatic heterocycles. The average molecular weight is 1890 g/mol. The van der Waals surface area contributed by atoms with Crippen molar-refractivity contribution in [1.29, 1.82) is 0 Å². The van der Waals surface area contributed by atoms with E-state index in [0.717, 1.165) is 127 Å². The highest BCUT2D eigenvalue weighted by Gasteiger charge is 2.28. The minimum atomic E-state index is -0.745. The number of H-pyrrole nitrogens is 3. The first-order chi connectivity index (χ1) is 58.6. The number of nitrogens with one attached hydrogen (secondary N) is 5. The molecule has 15 aromatic rings. The van der Waals surface area contributed by atoms with Gasteiger partial charge in [-0.25, -0.2) is 39.9 Å². The Bertz CT molecular complexity index is 6300. The number of aliphatic carboxylic acids is 1. The lowest BCUT2D eigenvalue weighted by Crippen LogP contribution is -2.38. The third kappa shape index (κ3) is 25.9. The highest BCUT2D eigenvalue weighted by atomic mass is 35.5. The maximum atomic E-state index is 11.4. The molecule has 0 aromatic carbocycles. The van der Waals surface area contributed by atoms with E-state index >= 15 is 0 Å². The van der Waals surface area contributed by atoms with Crippen molar-refractivity contribution in [3.05, 3.63) is 204 Å². The van der Waals surface area contributed by atoms with E-state index in [4.69, 9.17) is 117 Å². The fourth-order valence-corrected chi connectivity index (χ4v) is 15.9. The number of amides is 1. The molecule has 0 fully saturated rings. The normalized spacial score (nSPS) is 12.7. The maximum Gasteiger partial charge on any atom is 0.309 e. The quantitative estimate of drug-likeness (QED) is 0.0138. The van der Waals surface area contributed by atoms with Crippen LogP contribution in [0.3, 0.4) is 0 Å². The molecule has 1 aliphatic rings. The molecule has 0 bridgehead atoms. The lowest BCUT2D eigenvalue weighted by molar-refractivity contribution is -0.152. The molecule has 0 radical (unpaired) electrons. The number of carbonyl (C=O) groups is 7. The van der Waals surface area contributed by atoms with E-state index in [-0.39, 0.29) is 42.8 Å². The molecule has 33 nitrogen and oxygen atoms in total. The number of carboxylic acids is 1. The number of hydrogen-bond acceptors (Lipinski definition) is 24. The van der Waals surface area contributed by atoms with Gasteiger partial charge in [-0.15, -0.1) is 0 Å². The summed E-state index contributed by atoms with van der Waals surface area (Å²) < 4.78 is 32.3. The Kier molecular flexibility index (Phi) is 36.0. The summed E-state index contributed by atoms with van der Waals surface area (Å²) in [5.41, 5.74) is 23.6. The predicted octanol–water partition coefficient (Wildman–Crippen LogP) is 14.9. The van der Waals surface area contributed by atoms with Crippen molar-refractivity contribution >= 4 is 249 Å². The fraction of sp³-hybridized carbons (Fsp3) is 0.253. The monoisotopic (exact) mass is 1890 g/mol. The Labute approximate surface area is 747 Å². The van der Waals surface area contributed by atoms with Gasteiger partial charge in [-0.3, -0.25) is 50.3 Å². The molecule has 0 aliphatic carbocycles. The third-order valence-electron chi connectivity index (χ3n) is 17.6. The SMILES string of the molecule is CC(=O)OC(N)Cc1cn(P)c2nccc(Cl)c12.CC(=O)OC1Cc2c(n(P)c3nccc(Cl)c23)CN1.CC(=O)Oc1cc2c3c(Cl)ccnc3n(P)c2cn1.CCC(=O)O.CCC(=O)OC(Cc1c[nH]c2nccc(Cl)c12)NC(C)=O.CN(C)Cc1c[nH]c2nccc(Cl)c12.Clc1ccnc2[nH]ccc12.NC(Cc1cn(P)c2nccc(Cl)c12)OC=O. The molecule has 0 saturated heterocycles. The van der Waals surface area contributed by atoms with E-state index in [1.165, 1.54) is 33.3 Å². The maximum absolute atomic E-state index is 11.4. The number of ether oxygens (including phenoxy) is 5. The first-order valence-corrected chi connectivity index (χ1v) is 41.7. The summed E-state index contributed by atoms with van der Waals surface area (Å²) in [7, 11) is 14.3. The van der Waals surface area contributed by atoms with Crippen molar-refractivity contribution in [2.45, 2.75) is 118 Å². The van der Waals surface area contributed by atoms with Crippen LogP contribution in [0.4, 0.5) is 0 Å². The first-order valence-electron chi connectivity index (χ1n) is 37.0. The minimum absolute atomic E-state index is 0.222. The molecule has 0 spiro atoms. The number of carbonyl (C=O) groups excluding carboxylic acids is 6.